The maximum atomic E-state index is 3.67. The van der Waals surface area contributed by atoms with E-state index in [1.54, 1.807) is 0 Å². The smallest absolute Gasteiger partial charge is 0.0345 e. The molecule has 18 heavy (non-hydrogen) atoms. The van der Waals surface area contributed by atoms with Gasteiger partial charge in [-0.3, -0.25) is 0 Å². The number of benzene rings is 1. The Kier molecular flexibility index (Phi) is 4.28. The van der Waals surface area contributed by atoms with Crippen molar-refractivity contribution >= 4 is 5.69 Å². The number of nitrogens with zero attached hydrogens (tertiary/aromatic N) is 1. The van der Waals surface area contributed by atoms with Crippen molar-refractivity contribution in [2.45, 2.75) is 39.7 Å². The lowest BCUT2D eigenvalue weighted by Gasteiger charge is -2.34. The molecule has 1 heterocycles. The number of anilines is 1. The quantitative estimate of drug-likeness (QED) is 0.879. The van der Waals surface area contributed by atoms with Crippen LogP contribution in [0.4, 0.5) is 5.69 Å². The van der Waals surface area contributed by atoms with Crippen LogP contribution in [0.15, 0.2) is 18.2 Å². The lowest BCUT2D eigenvalue weighted by Crippen LogP contribution is -2.39. The van der Waals surface area contributed by atoms with Gasteiger partial charge in [-0.1, -0.05) is 6.07 Å². The Labute approximate surface area is 111 Å². The van der Waals surface area contributed by atoms with E-state index < -0.39 is 0 Å². The van der Waals surface area contributed by atoms with Crippen molar-refractivity contribution in [3.63, 3.8) is 0 Å². The highest BCUT2D eigenvalue weighted by Crippen LogP contribution is 2.22. The molecule has 1 aliphatic rings. The molecule has 1 fully saturated rings. The summed E-state index contributed by atoms with van der Waals surface area (Å²) in [6.07, 6.45) is 2.68. The van der Waals surface area contributed by atoms with Gasteiger partial charge in [0, 0.05) is 18.3 Å². The standard InChI is InChI=1S/C16H26N2/c1-12-7-8-16(10-13(12)2)17-14(3)15-6-5-9-18(4)11-15/h7-8,10,14-15,17H,5-6,9,11H2,1-4H3. The molecule has 1 aromatic carbocycles. The van der Waals surface area contributed by atoms with Crippen molar-refractivity contribution in [2.24, 2.45) is 5.92 Å². The minimum atomic E-state index is 0.551. The summed E-state index contributed by atoms with van der Waals surface area (Å²) in [5.74, 6) is 0.769. The molecule has 0 saturated carbocycles. The van der Waals surface area contributed by atoms with E-state index in [2.05, 4.69) is 56.2 Å². The minimum Gasteiger partial charge on any atom is -0.382 e. The first-order valence-corrected chi connectivity index (χ1v) is 7.08. The summed E-state index contributed by atoms with van der Waals surface area (Å²) in [7, 11) is 2.23. The van der Waals surface area contributed by atoms with E-state index in [0.29, 0.717) is 6.04 Å². The largest absolute Gasteiger partial charge is 0.382 e. The fourth-order valence-corrected chi connectivity index (χ4v) is 2.83. The van der Waals surface area contributed by atoms with Gasteiger partial charge in [-0.15, -0.1) is 0 Å². The monoisotopic (exact) mass is 246 g/mol. The van der Waals surface area contributed by atoms with Gasteiger partial charge >= 0.3 is 0 Å². The topological polar surface area (TPSA) is 15.3 Å². The number of rotatable bonds is 3. The second kappa shape index (κ2) is 5.75. The van der Waals surface area contributed by atoms with Crippen molar-refractivity contribution in [1.29, 1.82) is 0 Å². The molecule has 1 saturated heterocycles. The van der Waals surface area contributed by atoms with Gasteiger partial charge in [-0.25, -0.2) is 0 Å². The molecule has 0 spiro atoms. The first-order chi connectivity index (χ1) is 8.56. The molecule has 1 aromatic rings. The van der Waals surface area contributed by atoms with Crippen LogP contribution in [0.2, 0.25) is 0 Å². The molecule has 2 rings (SSSR count). The van der Waals surface area contributed by atoms with Crippen molar-refractivity contribution < 1.29 is 0 Å². The normalized spacial score (nSPS) is 22.8. The average Bonchev–Trinajstić information content (AvgIpc) is 2.34. The summed E-state index contributed by atoms with van der Waals surface area (Å²) in [5.41, 5.74) is 4.00. The summed E-state index contributed by atoms with van der Waals surface area (Å²) < 4.78 is 0. The van der Waals surface area contributed by atoms with Gasteiger partial charge < -0.3 is 10.2 Å². The summed E-state index contributed by atoms with van der Waals surface area (Å²) >= 11 is 0. The van der Waals surface area contributed by atoms with E-state index in [9.17, 15) is 0 Å². The fraction of sp³-hybridized carbons (Fsp3) is 0.625. The molecule has 2 nitrogen and oxygen atoms in total. The van der Waals surface area contributed by atoms with Gasteiger partial charge in [0.25, 0.3) is 0 Å². The summed E-state index contributed by atoms with van der Waals surface area (Å²) in [6, 6.07) is 7.22. The third kappa shape index (κ3) is 3.26. The van der Waals surface area contributed by atoms with Crippen molar-refractivity contribution in [1.82, 2.24) is 4.90 Å². The van der Waals surface area contributed by atoms with Crippen LogP contribution in [0.5, 0.6) is 0 Å². The highest BCUT2D eigenvalue weighted by atomic mass is 15.1. The maximum absolute atomic E-state index is 3.67. The third-order valence-electron chi connectivity index (χ3n) is 4.27. The predicted octanol–water partition coefficient (Wildman–Crippen LogP) is 3.45. The fourth-order valence-electron chi connectivity index (χ4n) is 2.83. The first kappa shape index (κ1) is 13.4. The molecule has 0 amide bonds. The molecule has 2 heteroatoms. The van der Waals surface area contributed by atoms with Gasteiger partial charge in [0.2, 0.25) is 0 Å². The lowest BCUT2D eigenvalue weighted by molar-refractivity contribution is 0.197. The molecule has 0 bridgehead atoms. The van der Waals surface area contributed by atoms with E-state index in [4.69, 9.17) is 0 Å². The van der Waals surface area contributed by atoms with Gasteiger partial charge in [-0.2, -0.15) is 0 Å². The number of aryl methyl sites for hydroxylation is 2. The highest BCUT2D eigenvalue weighted by molar-refractivity contribution is 5.48. The van der Waals surface area contributed by atoms with Crippen LogP contribution in [-0.2, 0) is 0 Å². The molecular weight excluding hydrogens is 220 g/mol. The summed E-state index contributed by atoms with van der Waals surface area (Å²) in [5, 5.41) is 3.67. The highest BCUT2D eigenvalue weighted by Gasteiger charge is 2.22. The molecule has 0 aromatic heterocycles. The zero-order chi connectivity index (χ0) is 13.1. The van der Waals surface area contributed by atoms with Crippen LogP contribution < -0.4 is 5.32 Å². The maximum Gasteiger partial charge on any atom is 0.0345 e. The van der Waals surface area contributed by atoms with Gasteiger partial charge in [0.15, 0.2) is 0 Å². The van der Waals surface area contributed by atoms with E-state index in [1.165, 1.54) is 42.7 Å². The van der Waals surface area contributed by atoms with Gasteiger partial charge in [0.05, 0.1) is 0 Å². The van der Waals surface area contributed by atoms with Gasteiger partial charge in [0.1, 0.15) is 0 Å². The molecule has 0 radical (unpaired) electrons. The second-order valence-corrected chi connectivity index (χ2v) is 5.90. The van der Waals surface area contributed by atoms with Crippen LogP contribution in [0.3, 0.4) is 0 Å². The first-order valence-electron chi connectivity index (χ1n) is 7.08. The minimum absolute atomic E-state index is 0.551. The number of likely N-dealkylation sites (tertiary alicyclic amines) is 1. The average molecular weight is 246 g/mol. The molecule has 2 atom stereocenters. The summed E-state index contributed by atoms with van der Waals surface area (Å²) in [6.45, 7) is 9.14. The third-order valence-corrected chi connectivity index (χ3v) is 4.27. The van der Waals surface area contributed by atoms with Crippen LogP contribution in [0.1, 0.15) is 30.9 Å². The molecular formula is C16H26N2. The van der Waals surface area contributed by atoms with Crippen LogP contribution >= 0.6 is 0 Å². The zero-order valence-corrected chi connectivity index (χ0v) is 12.2. The number of hydrogen-bond acceptors (Lipinski definition) is 2. The Hall–Kier alpha value is -1.02. The Morgan fingerprint density at radius 2 is 2.06 bits per heavy atom. The molecule has 100 valence electrons. The Morgan fingerprint density at radius 1 is 1.28 bits per heavy atom. The molecule has 2 unspecified atom stereocenters. The number of hydrogen-bond donors (Lipinski definition) is 1. The molecule has 1 aliphatic heterocycles. The van der Waals surface area contributed by atoms with Gasteiger partial charge in [-0.05, 0) is 76.4 Å². The van der Waals surface area contributed by atoms with E-state index in [0.717, 1.165) is 5.92 Å². The van der Waals surface area contributed by atoms with Crippen molar-refractivity contribution in [3.05, 3.63) is 29.3 Å². The predicted molar refractivity (Wildman–Crippen MR) is 79.2 cm³/mol. The van der Waals surface area contributed by atoms with E-state index in [1.807, 2.05) is 0 Å². The van der Waals surface area contributed by atoms with Crippen LogP contribution in [-0.4, -0.2) is 31.1 Å². The second-order valence-electron chi connectivity index (χ2n) is 5.90. The Bertz CT molecular complexity index is 400. The Balaban J connectivity index is 1.97. The molecule has 1 N–H and O–H groups in total. The van der Waals surface area contributed by atoms with Crippen LogP contribution in [0.25, 0.3) is 0 Å². The zero-order valence-electron chi connectivity index (χ0n) is 12.2. The molecule has 0 aliphatic carbocycles. The number of piperidine rings is 1. The number of nitrogens with one attached hydrogen (secondary N) is 1. The Morgan fingerprint density at radius 3 is 2.72 bits per heavy atom. The van der Waals surface area contributed by atoms with Crippen molar-refractivity contribution in [3.8, 4) is 0 Å². The van der Waals surface area contributed by atoms with E-state index >= 15 is 0 Å². The lowest BCUT2D eigenvalue weighted by atomic mass is 9.91. The SMILES string of the molecule is Cc1ccc(NC(C)C2CCCN(C)C2)cc1C. The van der Waals surface area contributed by atoms with E-state index in [-0.39, 0.29) is 0 Å². The van der Waals surface area contributed by atoms with Crippen LogP contribution in [0, 0.1) is 19.8 Å². The van der Waals surface area contributed by atoms with Crippen molar-refractivity contribution in [2.75, 3.05) is 25.5 Å². The summed E-state index contributed by atoms with van der Waals surface area (Å²) in [4.78, 5) is 2.45.